The number of ether oxygens (including phenoxy) is 1. The molecule has 2 aliphatic heterocycles. The summed E-state index contributed by atoms with van der Waals surface area (Å²) in [6.07, 6.45) is 2.51. The molecule has 0 aliphatic carbocycles. The van der Waals surface area contributed by atoms with Gasteiger partial charge < -0.3 is 14.2 Å². The van der Waals surface area contributed by atoms with Gasteiger partial charge >= 0.3 is 0 Å². The Balaban J connectivity index is 1.53. The third kappa shape index (κ3) is 2.77. The zero-order valence-electron chi connectivity index (χ0n) is 16.0. The van der Waals surface area contributed by atoms with E-state index in [1.54, 1.807) is 19.2 Å². The van der Waals surface area contributed by atoms with E-state index in [4.69, 9.17) is 16.3 Å². The molecule has 3 aromatic rings. The van der Waals surface area contributed by atoms with Gasteiger partial charge in [0.25, 0.3) is 5.56 Å². The van der Waals surface area contributed by atoms with E-state index in [2.05, 4.69) is 22.0 Å². The number of rotatable bonds is 1. The summed E-state index contributed by atoms with van der Waals surface area (Å²) in [6, 6.07) is 13.7. The third-order valence-corrected chi connectivity index (χ3v) is 6.31. The lowest BCUT2D eigenvalue weighted by Gasteiger charge is -2.40. The number of hydrogen-bond acceptors (Lipinski definition) is 5. The molecule has 2 aromatic heterocycles. The average Bonchev–Trinajstić information content (AvgIpc) is 3.09. The zero-order valence-corrected chi connectivity index (χ0v) is 16.7. The minimum Gasteiger partial charge on any atom is -0.487 e. The molecule has 1 spiro atoms. The Morgan fingerprint density at radius 1 is 1.21 bits per heavy atom. The van der Waals surface area contributed by atoms with E-state index in [-0.39, 0.29) is 16.7 Å². The van der Waals surface area contributed by atoms with Crippen molar-refractivity contribution < 1.29 is 4.74 Å². The van der Waals surface area contributed by atoms with Gasteiger partial charge in [0.05, 0.1) is 11.2 Å². The summed E-state index contributed by atoms with van der Waals surface area (Å²) in [6.45, 7) is 1.36. The van der Waals surface area contributed by atoms with Gasteiger partial charge in [-0.2, -0.15) is 5.26 Å². The Kier molecular flexibility index (Phi) is 4.04. The van der Waals surface area contributed by atoms with Crippen molar-refractivity contribution in [3.05, 3.63) is 63.0 Å². The van der Waals surface area contributed by atoms with Crippen LogP contribution in [0.3, 0.4) is 0 Å². The number of anilines is 1. The van der Waals surface area contributed by atoms with Gasteiger partial charge in [0.1, 0.15) is 33.7 Å². The van der Waals surface area contributed by atoms with E-state index in [9.17, 15) is 10.1 Å². The van der Waals surface area contributed by atoms with E-state index >= 15 is 0 Å². The van der Waals surface area contributed by atoms with Gasteiger partial charge in [-0.25, -0.2) is 4.98 Å². The Morgan fingerprint density at radius 3 is 2.69 bits per heavy atom. The summed E-state index contributed by atoms with van der Waals surface area (Å²) >= 11 is 6.15. The summed E-state index contributed by atoms with van der Waals surface area (Å²) in [7, 11) is 1.65. The molecule has 0 unspecified atom stereocenters. The third-order valence-electron chi connectivity index (χ3n) is 6.10. The van der Waals surface area contributed by atoms with Gasteiger partial charge in [-0.15, -0.1) is 0 Å². The van der Waals surface area contributed by atoms with Crippen LogP contribution in [0.4, 0.5) is 5.69 Å². The summed E-state index contributed by atoms with van der Waals surface area (Å²) in [5.41, 5.74) is 2.66. The number of aryl methyl sites for hydroxylation is 1. The molecule has 0 amide bonds. The molecule has 5 rings (SSSR count). The van der Waals surface area contributed by atoms with E-state index in [1.807, 2.05) is 18.2 Å². The number of fused-ring (bicyclic) bond motifs is 2. The Bertz CT molecular complexity index is 1210. The molecule has 0 bridgehead atoms. The van der Waals surface area contributed by atoms with Crippen LogP contribution in [-0.2, 0) is 13.5 Å². The van der Waals surface area contributed by atoms with Gasteiger partial charge in [0.15, 0.2) is 0 Å². The van der Waals surface area contributed by atoms with E-state index < -0.39 is 0 Å². The molecule has 4 heterocycles. The van der Waals surface area contributed by atoms with Crippen LogP contribution >= 0.6 is 11.6 Å². The quantitative estimate of drug-likeness (QED) is 0.579. The second kappa shape index (κ2) is 6.50. The molecule has 0 atom stereocenters. The fraction of sp³-hybridized carbons (Fsp3) is 0.318. The van der Waals surface area contributed by atoms with E-state index in [1.165, 1.54) is 10.1 Å². The molecule has 29 heavy (non-hydrogen) atoms. The Morgan fingerprint density at radius 2 is 1.97 bits per heavy atom. The first kappa shape index (κ1) is 18.0. The fourth-order valence-corrected chi connectivity index (χ4v) is 4.71. The topological polar surface area (TPSA) is 71.2 Å². The Hall–Kier alpha value is -3.04. The number of nitrogens with zero attached hydrogens (tertiary/aromatic N) is 4. The predicted molar refractivity (Wildman–Crippen MR) is 112 cm³/mol. The first-order valence-corrected chi connectivity index (χ1v) is 10.0. The fourth-order valence-electron chi connectivity index (χ4n) is 4.56. The molecule has 2 aliphatic rings. The number of para-hydroxylation sites is 1. The summed E-state index contributed by atoms with van der Waals surface area (Å²) in [5.74, 6) is 0.964. The number of piperidine rings is 1. The second-order valence-electron chi connectivity index (χ2n) is 7.76. The maximum atomic E-state index is 12.8. The molecule has 0 radical (unpaired) electrons. The van der Waals surface area contributed by atoms with Crippen molar-refractivity contribution in [1.82, 2.24) is 9.55 Å². The minimum absolute atomic E-state index is 0.112. The van der Waals surface area contributed by atoms with Crippen molar-refractivity contribution in [2.24, 2.45) is 7.05 Å². The smallest absolute Gasteiger partial charge is 0.270 e. The molecule has 146 valence electrons. The highest BCUT2D eigenvalue weighted by Gasteiger charge is 2.42. The highest BCUT2D eigenvalue weighted by Crippen LogP contribution is 2.42. The number of hydrogen-bond donors (Lipinski definition) is 0. The van der Waals surface area contributed by atoms with E-state index in [0.717, 1.165) is 25.0 Å². The maximum absolute atomic E-state index is 12.8. The highest BCUT2D eigenvalue weighted by molar-refractivity contribution is 6.29. The van der Waals surface area contributed by atoms with Crippen LogP contribution in [0.15, 0.2) is 41.2 Å². The molecule has 1 fully saturated rings. The molecule has 6 nitrogen and oxygen atoms in total. The minimum atomic E-state index is -0.316. The zero-order chi connectivity index (χ0) is 20.2. The molecular weight excluding hydrogens is 388 g/mol. The predicted octanol–water partition coefficient (Wildman–Crippen LogP) is 3.43. The molecule has 0 saturated carbocycles. The van der Waals surface area contributed by atoms with Gasteiger partial charge in [0, 0.05) is 39.4 Å². The first-order chi connectivity index (χ1) is 14.0. The standard InChI is InChI=1S/C22H19ClN4O2/c1-26-16-6-7-18(23)25-19(16)20(15(13-24)21(26)28)27-10-8-22(9-11-27)12-14-4-2-3-5-17(14)29-22/h2-7H,8-12H2,1H3. The van der Waals surface area contributed by atoms with Gasteiger partial charge in [-0.1, -0.05) is 29.8 Å². The van der Waals surface area contributed by atoms with Gasteiger partial charge in [-0.3, -0.25) is 4.79 Å². The van der Waals surface area contributed by atoms with Crippen LogP contribution in [0, 0.1) is 11.3 Å². The first-order valence-electron chi connectivity index (χ1n) is 9.62. The second-order valence-corrected chi connectivity index (χ2v) is 8.15. The van der Waals surface area contributed by atoms with Crippen molar-refractivity contribution in [3.63, 3.8) is 0 Å². The largest absolute Gasteiger partial charge is 0.487 e. The Labute approximate surface area is 172 Å². The lowest BCUT2D eigenvalue weighted by atomic mass is 9.86. The van der Waals surface area contributed by atoms with Gasteiger partial charge in [-0.05, 0) is 23.8 Å². The number of halogens is 1. The lowest BCUT2D eigenvalue weighted by molar-refractivity contribution is 0.0668. The van der Waals surface area contributed by atoms with Crippen LogP contribution < -0.4 is 15.2 Å². The number of nitriles is 1. The van der Waals surface area contributed by atoms with E-state index in [0.29, 0.717) is 35.0 Å². The summed E-state index contributed by atoms with van der Waals surface area (Å²) < 4.78 is 7.79. The van der Waals surface area contributed by atoms with Crippen LogP contribution in [0.2, 0.25) is 5.15 Å². The van der Waals surface area contributed by atoms with Crippen molar-refractivity contribution in [2.75, 3.05) is 18.0 Å². The maximum Gasteiger partial charge on any atom is 0.270 e. The van der Waals surface area contributed by atoms with Crippen molar-refractivity contribution in [1.29, 1.82) is 5.26 Å². The van der Waals surface area contributed by atoms with Crippen LogP contribution in [0.25, 0.3) is 11.0 Å². The number of pyridine rings is 2. The normalized spacial score (nSPS) is 17.2. The molecule has 7 heteroatoms. The van der Waals surface area contributed by atoms with Crippen molar-refractivity contribution >= 4 is 28.3 Å². The summed E-state index contributed by atoms with van der Waals surface area (Å²) in [4.78, 5) is 19.3. The molecule has 0 N–H and O–H groups in total. The van der Waals surface area contributed by atoms with Gasteiger partial charge in [0.2, 0.25) is 0 Å². The molecule has 1 aromatic carbocycles. The van der Waals surface area contributed by atoms with Crippen molar-refractivity contribution in [3.8, 4) is 11.8 Å². The lowest BCUT2D eigenvalue weighted by Crippen LogP contribution is -2.48. The van der Waals surface area contributed by atoms with Crippen molar-refractivity contribution in [2.45, 2.75) is 24.9 Å². The average molecular weight is 407 g/mol. The summed E-state index contributed by atoms with van der Waals surface area (Å²) in [5, 5.41) is 10.1. The number of aromatic nitrogens is 2. The SMILES string of the molecule is Cn1c(=O)c(C#N)c(N2CCC3(CC2)Cc2ccccc2O3)c2nc(Cl)ccc21. The van der Waals surface area contributed by atoms with Crippen LogP contribution in [0.5, 0.6) is 5.75 Å². The van der Waals surface area contributed by atoms with Crippen LogP contribution in [-0.4, -0.2) is 28.2 Å². The number of benzene rings is 1. The van der Waals surface area contributed by atoms with Crippen LogP contribution in [0.1, 0.15) is 24.0 Å². The molecule has 1 saturated heterocycles. The molecular formula is C22H19ClN4O2. The monoisotopic (exact) mass is 406 g/mol. The highest BCUT2D eigenvalue weighted by atomic mass is 35.5.